The number of carbonyl (C=O) groups excluding carboxylic acids is 2. The van der Waals surface area contributed by atoms with Crippen molar-refractivity contribution >= 4 is 29.9 Å². The summed E-state index contributed by atoms with van der Waals surface area (Å²) in [6.45, 7) is -3.21. The van der Waals surface area contributed by atoms with Crippen LogP contribution in [0.4, 0.5) is 4.79 Å². The summed E-state index contributed by atoms with van der Waals surface area (Å²) >= 11 is 0. The van der Waals surface area contributed by atoms with Crippen LogP contribution in [0.5, 0.6) is 0 Å². The van der Waals surface area contributed by atoms with Gasteiger partial charge in [0.05, 0.1) is 6.61 Å². The van der Waals surface area contributed by atoms with Gasteiger partial charge in [0.15, 0.2) is 0 Å². The summed E-state index contributed by atoms with van der Waals surface area (Å²) < 4.78 is 26.3. The number of nitrogens with zero attached hydrogens (tertiary/aromatic N) is 3. The van der Waals surface area contributed by atoms with Crippen molar-refractivity contribution in [2.75, 3.05) is 20.1 Å². The molecule has 0 radical (unpaired) electrons. The minimum atomic E-state index is -2.77. The Kier molecular flexibility index (Phi) is 6.79. The van der Waals surface area contributed by atoms with Gasteiger partial charge in [-0.25, -0.2) is 9.80 Å². The van der Waals surface area contributed by atoms with Crippen LogP contribution in [0.2, 0.25) is 0 Å². The number of aliphatic imine (C=N–C) groups is 2. The quantitative estimate of drug-likeness (QED) is 0.284. The lowest BCUT2D eigenvalue weighted by atomic mass is 10.1. The summed E-state index contributed by atoms with van der Waals surface area (Å²) in [6, 6.07) is 0. The molecule has 11 nitrogen and oxygen atoms in total. The summed E-state index contributed by atoms with van der Waals surface area (Å²) in [6.07, 6.45) is 2.19. The Morgan fingerprint density at radius 2 is 2.08 bits per heavy atom. The summed E-state index contributed by atoms with van der Waals surface area (Å²) in [5.74, 6) is -2.49. The van der Waals surface area contributed by atoms with Crippen molar-refractivity contribution in [3.8, 4) is 0 Å². The maximum absolute atomic E-state index is 12.1. The van der Waals surface area contributed by atoms with Crippen molar-refractivity contribution in [2.24, 2.45) is 15.7 Å². The van der Waals surface area contributed by atoms with Crippen molar-refractivity contribution in [3.05, 3.63) is 0 Å². The van der Waals surface area contributed by atoms with Crippen LogP contribution in [-0.2, 0) is 14.3 Å². The molecule has 0 bridgehead atoms. The topological polar surface area (TPSA) is 159 Å². The molecular formula is C14H24N6O5. The summed E-state index contributed by atoms with van der Waals surface area (Å²) in [4.78, 5) is 41.6. The van der Waals surface area contributed by atoms with Crippen molar-refractivity contribution < 1.29 is 28.3 Å². The molecule has 11 heteroatoms. The molecule has 0 aromatic rings. The van der Waals surface area contributed by atoms with E-state index in [1.807, 2.05) is 0 Å². The molecule has 0 spiro atoms. The van der Waals surface area contributed by atoms with Crippen LogP contribution >= 0.6 is 0 Å². The van der Waals surface area contributed by atoms with Crippen molar-refractivity contribution in [1.29, 1.82) is 0 Å². The Morgan fingerprint density at radius 3 is 2.80 bits per heavy atom. The number of carbonyl (C=O) groups is 3. The number of nitrogens with one attached hydrogen (secondary N) is 2. The number of hydrogen-bond donors (Lipinski definition) is 4. The molecule has 25 heavy (non-hydrogen) atoms. The number of carboxylic acid groups (broad SMARTS) is 1. The predicted molar refractivity (Wildman–Crippen MR) is 89.7 cm³/mol. The molecular weight excluding hydrogens is 332 g/mol. The molecule has 0 aromatic heterocycles. The van der Waals surface area contributed by atoms with E-state index in [-0.39, 0.29) is 13.0 Å². The molecule has 2 amide bonds. The first-order valence-corrected chi connectivity index (χ1v) is 7.73. The van der Waals surface area contributed by atoms with Crippen LogP contribution in [0.15, 0.2) is 9.98 Å². The average Bonchev–Trinajstić information content (AvgIpc) is 2.53. The summed E-state index contributed by atoms with van der Waals surface area (Å²) in [5, 5.41) is 12.0. The van der Waals surface area contributed by atoms with E-state index >= 15 is 0 Å². The third-order valence-corrected chi connectivity index (χ3v) is 3.18. The first kappa shape index (κ1) is 15.7. The molecule has 1 rings (SSSR count). The fraction of sp³-hybridized carbons (Fsp3) is 0.643. The summed E-state index contributed by atoms with van der Waals surface area (Å²) in [5.41, 5.74) is 7.75. The number of guanidine groups is 2. The van der Waals surface area contributed by atoms with Crippen molar-refractivity contribution in [3.63, 3.8) is 0 Å². The number of nitrogens with two attached hydrogens (primary N) is 1. The van der Waals surface area contributed by atoms with Gasteiger partial charge in [0.1, 0.15) is 6.54 Å². The Balaban J connectivity index is 3.11. The molecule has 140 valence electrons. The minimum absolute atomic E-state index is 0.121. The number of cyclic esters (lactones) is 1. The molecule has 0 aromatic carbocycles. The molecule has 0 unspecified atom stereocenters. The first-order chi connectivity index (χ1) is 13.1. The van der Waals surface area contributed by atoms with Gasteiger partial charge in [-0.05, 0) is 12.8 Å². The van der Waals surface area contributed by atoms with E-state index in [0.717, 1.165) is 24.3 Å². The zero-order valence-electron chi connectivity index (χ0n) is 16.7. The van der Waals surface area contributed by atoms with Gasteiger partial charge in [-0.2, -0.15) is 0 Å². The zero-order valence-corrected chi connectivity index (χ0v) is 13.7. The van der Waals surface area contributed by atoms with E-state index in [2.05, 4.69) is 20.7 Å². The van der Waals surface area contributed by atoms with Crippen LogP contribution in [0.1, 0.15) is 42.6 Å². The van der Waals surface area contributed by atoms with Gasteiger partial charge in [-0.15, -0.1) is 4.99 Å². The highest BCUT2D eigenvalue weighted by Gasteiger charge is 2.21. The van der Waals surface area contributed by atoms with Gasteiger partial charge in [-0.3, -0.25) is 25.3 Å². The number of esters is 1. The SMILES string of the molecule is [2H]C([2H])([2H])N=C(N)NN1CC(=O)OCCCCCCCC(=O)NC1=NC(=O)O. The van der Waals surface area contributed by atoms with E-state index in [1.165, 1.54) is 0 Å². The fourth-order valence-electron chi connectivity index (χ4n) is 2.04. The molecule has 0 saturated carbocycles. The highest BCUT2D eigenvalue weighted by Crippen LogP contribution is 2.06. The van der Waals surface area contributed by atoms with E-state index in [4.69, 9.17) is 19.7 Å². The third kappa shape index (κ3) is 8.53. The number of ether oxygens (including phenoxy) is 1. The molecule has 1 aliphatic heterocycles. The van der Waals surface area contributed by atoms with E-state index < -0.39 is 43.4 Å². The number of rotatable bonds is 1. The van der Waals surface area contributed by atoms with E-state index in [1.54, 1.807) is 0 Å². The number of hydrogen-bond acceptors (Lipinski definition) is 5. The van der Waals surface area contributed by atoms with Crippen molar-refractivity contribution in [2.45, 2.75) is 38.5 Å². The third-order valence-electron chi connectivity index (χ3n) is 3.18. The number of amides is 2. The standard InChI is InChI=1S/C14H24N6O5/c1-16-12(15)19-20-9-11(22)25-8-6-4-2-3-5-7-10(21)17-13(20)18-14(23)24/h2-9H2,1H3,(H,23,24)(H3,15,16,19)(H,17,18,21)/i1D3. The normalized spacial score (nSPS) is 22.7. The van der Waals surface area contributed by atoms with Gasteiger partial charge in [0.2, 0.25) is 17.8 Å². The average molecular weight is 359 g/mol. The Morgan fingerprint density at radius 1 is 1.36 bits per heavy atom. The smallest absolute Gasteiger partial charge is 0.434 e. The number of hydrazine groups is 1. The molecule has 1 aliphatic rings. The maximum Gasteiger partial charge on any atom is 0.434 e. The van der Waals surface area contributed by atoms with Gasteiger partial charge in [0.25, 0.3) is 0 Å². The van der Waals surface area contributed by atoms with Gasteiger partial charge >= 0.3 is 12.1 Å². The maximum atomic E-state index is 12.1. The van der Waals surface area contributed by atoms with Crippen LogP contribution < -0.4 is 16.5 Å². The van der Waals surface area contributed by atoms with Crippen LogP contribution in [0.25, 0.3) is 0 Å². The van der Waals surface area contributed by atoms with E-state index in [0.29, 0.717) is 12.8 Å². The summed E-state index contributed by atoms with van der Waals surface area (Å²) in [7, 11) is 0. The zero-order chi connectivity index (χ0) is 21.2. The van der Waals surface area contributed by atoms with Gasteiger partial charge < -0.3 is 15.6 Å². The first-order valence-electron chi connectivity index (χ1n) is 9.23. The molecule has 5 N–H and O–H groups in total. The Labute approximate surface area is 149 Å². The highest BCUT2D eigenvalue weighted by atomic mass is 16.5. The lowest BCUT2D eigenvalue weighted by molar-refractivity contribution is -0.144. The lowest BCUT2D eigenvalue weighted by Crippen LogP contribution is -2.56. The van der Waals surface area contributed by atoms with Crippen LogP contribution in [0.3, 0.4) is 0 Å². The van der Waals surface area contributed by atoms with E-state index in [9.17, 15) is 14.4 Å². The van der Waals surface area contributed by atoms with Gasteiger partial charge in [0, 0.05) is 17.5 Å². The second kappa shape index (κ2) is 10.8. The van der Waals surface area contributed by atoms with Crippen LogP contribution in [-0.4, -0.2) is 60.1 Å². The molecule has 0 atom stereocenters. The Bertz CT molecular complexity index is 637. The minimum Gasteiger partial charge on any atom is -0.464 e. The molecule has 0 aliphatic carbocycles. The van der Waals surface area contributed by atoms with Crippen LogP contribution in [0, 0.1) is 0 Å². The molecule has 1 saturated heterocycles. The second-order valence-electron chi connectivity index (χ2n) is 5.20. The highest BCUT2D eigenvalue weighted by molar-refractivity contribution is 6.02. The molecule has 1 heterocycles. The lowest BCUT2D eigenvalue weighted by Gasteiger charge is -2.25. The fourth-order valence-corrected chi connectivity index (χ4v) is 2.04. The predicted octanol–water partition coefficient (Wildman–Crippen LogP) is -0.215. The largest absolute Gasteiger partial charge is 0.464 e. The molecule has 1 fully saturated rings. The van der Waals surface area contributed by atoms with Gasteiger partial charge in [-0.1, -0.05) is 19.3 Å². The van der Waals surface area contributed by atoms with Crippen molar-refractivity contribution in [1.82, 2.24) is 15.8 Å². The monoisotopic (exact) mass is 359 g/mol. The second-order valence-corrected chi connectivity index (χ2v) is 5.20. The Hall–Kier alpha value is -2.85.